The number of halogens is 4. The van der Waals surface area contributed by atoms with Gasteiger partial charge in [-0.3, -0.25) is 0 Å². The molecule has 0 amide bonds. The van der Waals surface area contributed by atoms with Crippen LogP contribution in [-0.2, 0) is 22.0 Å². The van der Waals surface area contributed by atoms with Crippen molar-refractivity contribution in [1.82, 2.24) is 4.72 Å². The minimum atomic E-state index is -4.59. The van der Waals surface area contributed by atoms with E-state index in [1.165, 1.54) is 12.1 Å². The SMILES string of the molecule is CCC(N)(CC)CNS(=O)(=O)Cc1ccccc1C(F)(F)F.Cl. The van der Waals surface area contributed by atoms with Gasteiger partial charge in [-0.25, -0.2) is 13.1 Å². The van der Waals surface area contributed by atoms with Crippen molar-refractivity contribution < 1.29 is 21.6 Å². The monoisotopic (exact) mass is 374 g/mol. The number of hydrogen-bond donors (Lipinski definition) is 2. The summed E-state index contributed by atoms with van der Waals surface area (Å²) in [6.45, 7) is 3.66. The van der Waals surface area contributed by atoms with Crippen molar-refractivity contribution in [1.29, 1.82) is 0 Å². The molecule has 0 aromatic heterocycles. The first-order valence-corrected chi connectivity index (χ1v) is 8.59. The Morgan fingerprint density at radius 3 is 2.13 bits per heavy atom. The quantitative estimate of drug-likeness (QED) is 0.770. The maximum Gasteiger partial charge on any atom is 0.416 e. The van der Waals surface area contributed by atoms with E-state index in [4.69, 9.17) is 5.73 Å². The van der Waals surface area contributed by atoms with Crippen LogP contribution in [0.3, 0.4) is 0 Å². The van der Waals surface area contributed by atoms with E-state index in [-0.39, 0.29) is 24.5 Å². The summed E-state index contributed by atoms with van der Waals surface area (Å²) in [5, 5.41) is 0. The molecule has 134 valence electrons. The molecule has 1 aromatic rings. The Balaban J connectivity index is 0.00000484. The largest absolute Gasteiger partial charge is 0.416 e. The summed E-state index contributed by atoms with van der Waals surface area (Å²) in [4.78, 5) is 0. The lowest BCUT2D eigenvalue weighted by Gasteiger charge is -2.26. The first-order chi connectivity index (χ1) is 10.0. The third kappa shape index (κ3) is 6.66. The molecule has 0 unspecified atom stereocenters. The first-order valence-electron chi connectivity index (χ1n) is 6.94. The highest BCUT2D eigenvalue weighted by Gasteiger charge is 2.34. The van der Waals surface area contributed by atoms with Crippen molar-refractivity contribution in [2.75, 3.05) is 6.54 Å². The molecule has 0 spiro atoms. The molecule has 0 aliphatic rings. The second kappa shape index (κ2) is 8.32. The molecule has 0 atom stereocenters. The number of alkyl halides is 3. The zero-order chi connectivity index (χ0) is 17.0. The van der Waals surface area contributed by atoms with Crippen LogP contribution in [0, 0.1) is 0 Å². The van der Waals surface area contributed by atoms with Gasteiger partial charge in [-0.2, -0.15) is 13.2 Å². The number of sulfonamides is 1. The third-order valence-electron chi connectivity index (χ3n) is 3.72. The average Bonchev–Trinajstić information content (AvgIpc) is 2.44. The van der Waals surface area contributed by atoms with Gasteiger partial charge in [0.05, 0.1) is 11.3 Å². The summed E-state index contributed by atoms with van der Waals surface area (Å²) in [6.07, 6.45) is -3.47. The fourth-order valence-corrected chi connectivity index (χ4v) is 3.20. The number of nitrogens with two attached hydrogens (primary N) is 1. The minimum absolute atomic E-state index is 0. The average molecular weight is 375 g/mol. The van der Waals surface area contributed by atoms with Gasteiger partial charge in [-0.05, 0) is 24.5 Å². The zero-order valence-corrected chi connectivity index (χ0v) is 14.6. The highest BCUT2D eigenvalue weighted by atomic mass is 35.5. The highest BCUT2D eigenvalue weighted by Crippen LogP contribution is 2.32. The number of rotatable bonds is 7. The third-order valence-corrected chi connectivity index (χ3v) is 5.00. The van der Waals surface area contributed by atoms with E-state index in [2.05, 4.69) is 4.72 Å². The van der Waals surface area contributed by atoms with Crippen LogP contribution in [0.25, 0.3) is 0 Å². The molecule has 9 heteroatoms. The summed E-state index contributed by atoms with van der Waals surface area (Å²) in [5.41, 5.74) is 4.07. The highest BCUT2D eigenvalue weighted by molar-refractivity contribution is 7.88. The van der Waals surface area contributed by atoms with Crippen LogP contribution >= 0.6 is 12.4 Å². The molecule has 0 saturated heterocycles. The topological polar surface area (TPSA) is 72.2 Å². The predicted molar refractivity (Wildman–Crippen MR) is 86.8 cm³/mol. The summed E-state index contributed by atoms with van der Waals surface area (Å²) in [7, 11) is -3.90. The van der Waals surface area contributed by atoms with Gasteiger partial charge in [0, 0.05) is 12.1 Å². The Morgan fingerprint density at radius 2 is 1.65 bits per heavy atom. The van der Waals surface area contributed by atoms with E-state index in [1.807, 2.05) is 13.8 Å². The van der Waals surface area contributed by atoms with Gasteiger partial charge >= 0.3 is 6.18 Å². The normalized spacial score (nSPS) is 12.8. The molecule has 0 fully saturated rings. The minimum Gasteiger partial charge on any atom is -0.324 e. The number of nitrogens with one attached hydrogen (secondary N) is 1. The Hall–Kier alpha value is -0.830. The lowest BCUT2D eigenvalue weighted by atomic mass is 9.95. The molecule has 1 rings (SSSR count). The lowest BCUT2D eigenvalue weighted by molar-refractivity contribution is -0.138. The van der Waals surface area contributed by atoms with Crippen molar-refractivity contribution in [3.8, 4) is 0 Å². The van der Waals surface area contributed by atoms with Crippen LogP contribution in [0.2, 0.25) is 0 Å². The fourth-order valence-electron chi connectivity index (χ4n) is 1.93. The predicted octanol–water partition coefficient (Wildman–Crippen LogP) is 3.06. The van der Waals surface area contributed by atoms with Crippen LogP contribution in [0.1, 0.15) is 37.8 Å². The summed E-state index contributed by atoms with van der Waals surface area (Å²) >= 11 is 0. The van der Waals surface area contributed by atoms with E-state index in [0.29, 0.717) is 12.8 Å². The first kappa shape index (κ1) is 22.2. The van der Waals surface area contributed by atoms with Crippen molar-refractivity contribution in [2.45, 2.75) is 44.2 Å². The molecular weight excluding hydrogens is 353 g/mol. The molecule has 0 heterocycles. The van der Waals surface area contributed by atoms with Crippen LogP contribution in [0.15, 0.2) is 24.3 Å². The van der Waals surface area contributed by atoms with Crippen molar-refractivity contribution in [3.63, 3.8) is 0 Å². The second-order valence-electron chi connectivity index (χ2n) is 5.30. The zero-order valence-electron chi connectivity index (χ0n) is 13.0. The van der Waals surface area contributed by atoms with Crippen molar-refractivity contribution in [2.24, 2.45) is 5.73 Å². The second-order valence-corrected chi connectivity index (χ2v) is 7.11. The van der Waals surface area contributed by atoms with Crippen molar-refractivity contribution in [3.05, 3.63) is 35.4 Å². The Morgan fingerprint density at radius 1 is 1.13 bits per heavy atom. The Kier molecular flexibility index (Phi) is 8.02. The van der Waals surface area contributed by atoms with E-state index >= 15 is 0 Å². The molecule has 4 nitrogen and oxygen atoms in total. The van der Waals surface area contributed by atoms with Gasteiger partial charge < -0.3 is 5.73 Å². The van der Waals surface area contributed by atoms with Gasteiger partial charge in [0.2, 0.25) is 10.0 Å². The van der Waals surface area contributed by atoms with Gasteiger partial charge in [-0.15, -0.1) is 12.4 Å². The molecule has 3 N–H and O–H groups in total. The maximum absolute atomic E-state index is 12.9. The number of benzene rings is 1. The van der Waals surface area contributed by atoms with Crippen LogP contribution in [-0.4, -0.2) is 20.5 Å². The standard InChI is InChI=1S/C14H21F3N2O2S.ClH/c1-3-13(18,4-2)10-19-22(20,21)9-11-7-5-6-8-12(11)14(15,16)17;/h5-8,19H,3-4,9-10,18H2,1-2H3;1H. The maximum atomic E-state index is 12.9. The Labute approximate surface area is 141 Å². The fraction of sp³-hybridized carbons (Fsp3) is 0.571. The molecule has 1 aromatic carbocycles. The van der Waals surface area contributed by atoms with Crippen LogP contribution in [0.5, 0.6) is 0 Å². The van der Waals surface area contributed by atoms with Crippen LogP contribution in [0.4, 0.5) is 13.2 Å². The molecule has 23 heavy (non-hydrogen) atoms. The van der Waals surface area contributed by atoms with Crippen LogP contribution < -0.4 is 10.5 Å². The molecule has 0 radical (unpaired) electrons. The Bertz CT molecular complexity index is 602. The van der Waals surface area contributed by atoms with E-state index < -0.39 is 33.1 Å². The molecular formula is C14H22ClF3N2O2S. The summed E-state index contributed by atoms with van der Waals surface area (Å²) in [5.74, 6) is -0.730. The van der Waals surface area contributed by atoms with E-state index in [0.717, 1.165) is 12.1 Å². The van der Waals surface area contributed by atoms with E-state index in [9.17, 15) is 21.6 Å². The van der Waals surface area contributed by atoms with Gasteiger partial charge in [0.25, 0.3) is 0 Å². The van der Waals surface area contributed by atoms with Gasteiger partial charge in [0.15, 0.2) is 0 Å². The summed E-state index contributed by atoms with van der Waals surface area (Å²) in [6, 6.07) is 4.64. The molecule has 0 aliphatic heterocycles. The molecule has 0 aliphatic carbocycles. The molecule has 0 bridgehead atoms. The van der Waals surface area contributed by atoms with Gasteiger partial charge in [-0.1, -0.05) is 32.0 Å². The lowest BCUT2D eigenvalue weighted by Crippen LogP contribution is -2.49. The molecule has 0 saturated carbocycles. The summed E-state index contributed by atoms with van der Waals surface area (Å²) < 4.78 is 65.0. The van der Waals surface area contributed by atoms with E-state index in [1.54, 1.807) is 0 Å². The number of hydrogen-bond acceptors (Lipinski definition) is 3. The van der Waals surface area contributed by atoms with Crippen molar-refractivity contribution >= 4 is 22.4 Å². The smallest absolute Gasteiger partial charge is 0.324 e. The van der Waals surface area contributed by atoms with Gasteiger partial charge in [0.1, 0.15) is 0 Å².